The maximum atomic E-state index is 12.5. The van der Waals surface area contributed by atoms with Gasteiger partial charge < -0.3 is 10.8 Å². The SMILES string of the molecule is Nc1c(Br)cc(O)c2c1C(=O)c1cc(Cl)ccc1C2=O. The number of halogens is 2. The molecule has 0 aromatic heterocycles. The zero-order valence-corrected chi connectivity index (χ0v) is 12.2. The number of rotatable bonds is 0. The normalized spacial score (nSPS) is 13.1. The summed E-state index contributed by atoms with van der Waals surface area (Å²) >= 11 is 9.02. The van der Waals surface area contributed by atoms with Crippen molar-refractivity contribution < 1.29 is 14.7 Å². The fraction of sp³-hybridized carbons (Fsp3) is 0. The number of anilines is 1. The molecule has 0 bridgehead atoms. The van der Waals surface area contributed by atoms with Gasteiger partial charge in [-0.3, -0.25) is 9.59 Å². The van der Waals surface area contributed by atoms with Gasteiger partial charge in [0.15, 0.2) is 11.6 Å². The van der Waals surface area contributed by atoms with Gasteiger partial charge in [-0.25, -0.2) is 0 Å². The van der Waals surface area contributed by atoms with E-state index in [-0.39, 0.29) is 33.7 Å². The Balaban J connectivity index is 2.41. The monoisotopic (exact) mass is 351 g/mol. The average molecular weight is 353 g/mol. The number of hydrogen-bond donors (Lipinski definition) is 2. The van der Waals surface area contributed by atoms with Crippen LogP contribution in [0.5, 0.6) is 5.75 Å². The van der Waals surface area contributed by atoms with Crippen LogP contribution in [-0.2, 0) is 0 Å². The molecule has 0 aliphatic heterocycles. The molecule has 3 rings (SSSR count). The lowest BCUT2D eigenvalue weighted by atomic mass is 9.83. The number of phenolic OH excluding ortho intramolecular Hbond substituents is 1. The van der Waals surface area contributed by atoms with Crippen molar-refractivity contribution in [3.8, 4) is 5.75 Å². The van der Waals surface area contributed by atoms with Crippen molar-refractivity contribution in [3.63, 3.8) is 0 Å². The first-order valence-corrected chi connectivity index (χ1v) is 6.78. The van der Waals surface area contributed by atoms with Crippen LogP contribution < -0.4 is 5.73 Å². The predicted molar refractivity (Wildman–Crippen MR) is 78.5 cm³/mol. The van der Waals surface area contributed by atoms with E-state index in [1.807, 2.05) is 0 Å². The summed E-state index contributed by atoms with van der Waals surface area (Å²) in [6.45, 7) is 0. The molecule has 3 N–H and O–H groups in total. The predicted octanol–water partition coefficient (Wildman–Crippen LogP) is 3.17. The Morgan fingerprint density at radius 3 is 2.40 bits per heavy atom. The van der Waals surface area contributed by atoms with E-state index in [9.17, 15) is 14.7 Å². The van der Waals surface area contributed by atoms with Gasteiger partial charge in [-0.05, 0) is 40.2 Å². The van der Waals surface area contributed by atoms with Gasteiger partial charge in [0, 0.05) is 20.6 Å². The zero-order chi connectivity index (χ0) is 14.6. The molecule has 2 aromatic rings. The second-order valence-electron chi connectivity index (χ2n) is 4.39. The molecule has 0 unspecified atom stereocenters. The Labute approximate surface area is 127 Å². The van der Waals surface area contributed by atoms with E-state index in [4.69, 9.17) is 17.3 Å². The number of fused-ring (bicyclic) bond motifs is 2. The number of phenols is 1. The summed E-state index contributed by atoms with van der Waals surface area (Å²) < 4.78 is 0.361. The summed E-state index contributed by atoms with van der Waals surface area (Å²) in [4.78, 5) is 24.9. The number of hydrogen-bond acceptors (Lipinski definition) is 4. The summed E-state index contributed by atoms with van der Waals surface area (Å²) in [7, 11) is 0. The second-order valence-corrected chi connectivity index (χ2v) is 5.68. The molecule has 0 atom stereocenters. The van der Waals surface area contributed by atoms with Gasteiger partial charge in [0.1, 0.15) is 5.75 Å². The van der Waals surface area contributed by atoms with Gasteiger partial charge in [-0.2, -0.15) is 0 Å². The highest BCUT2D eigenvalue weighted by Crippen LogP contribution is 2.40. The quantitative estimate of drug-likeness (QED) is 0.481. The minimum Gasteiger partial charge on any atom is -0.507 e. The van der Waals surface area contributed by atoms with Crippen LogP contribution in [0.15, 0.2) is 28.7 Å². The number of carbonyl (C=O) groups is 2. The highest BCUT2D eigenvalue weighted by atomic mass is 79.9. The Morgan fingerprint density at radius 2 is 1.70 bits per heavy atom. The largest absolute Gasteiger partial charge is 0.507 e. The van der Waals surface area contributed by atoms with Crippen molar-refractivity contribution in [2.24, 2.45) is 0 Å². The van der Waals surface area contributed by atoms with Crippen molar-refractivity contribution in [2.45, 2.75) is 0 Å². The van der Waals surface area contributed by atoms with Crippen molar-refractivity contribution in [2.75, 3.05) is 5.73 Å². The van der Waals surface area contributed by atoms with E-state index in [0.29, 0.717) is 9.50 Å². The van der Waals surface area contributed by atoms with Crippen molar-refractivity contribution in [1.29, 1.82) is 0 Å². The van der Waals surface area contributed by atoms with Gasteiger partial charge >= 0.3 is 0 Å². The lowest BCUT2D eigenvalue weighted by Gasteiger charge is -2.20. The number of benzene rings is 2. The van der Waals surface area contributed by atoms with Crippen LogP contribution in [0, 0.1) is 0 Å². The van der Waals surface area contributed by atoms with E-state index in [1.54, 1.807) is 0 Å². The number of aromatic hydroxyl groups is 1. The molecular formula is C14H7BrClNO3. The second kappa shape index (κ2) is 4.33. The van der Waals surface area contributed by atoms with Crippen molar-refractivity contribution in [3.05, 3.63) is 56.0 Å². The fourth-order valence-corrected chi connectivity index (χ4v) is 2.88. The maximum Gasteiger partial charge on any atom is 0.198 e. The Kier molecular flexibility index (Phi) is 2.84. The smallest absolute Gasteiger partial charge is 0.198 e. The van der Waals surface area contributed by atoms with Crippen LogP contribution in [0.3, 0.4) is 0 Å². The Hall–Kier alpha value is -1.85. The van der Waals surface area contributed by atoms with Gasteiger partial charge in [-0.15, -0.1) is 0 Å². The average Bonchev–Trinajstić information content (AvgIpc) is 2.40. The standard InChI is InChI=1S/C14H7BrClNO3/c15-8-4-9(18)10-11(12(8)17)14(20)7-3-5(16)1-2-6(7)13(10)19/h1-4,18H,17H2. The molecule has 0 saturated carbocycles. The van der Waals surface area contributed by atoms with E-state index in [0.717, 1.165) is 0 Å². The Morgan fingerprint density at radius 1 is 1.05 bits per heavy atom. The van der Waals surface area contributed by atoms with Crippen LogP contribution in [-0.4, -0.2) is 16.7 Å². The van der Waals surface area contributed by atoms with Crippen LogP contribution in [0.25, 0.3) is 0 Å². The first-order valence-electron chi connectivity index (χ1n) is 5.61. The van der Waals surface area contributed by atoms with E-state index >= 15 is 0 Å². The van der Waals surface area contributed by atoms with Crippen LogP contribution in [0.4, 0.5) is 5.69 Å². The van der Waals surface area contributed by atoms with Crippen LogP contribution in [0.1, 0.15) is 31.8 Å². The lowest BCUT2D eigenvalue weighted by molar-refractivity contribution is 0.0977. The molecule has 1 aliphatic carbocycles. The molecule has 6 heteroatoms. The molecule has 20 heavy (non-hydrogen) atoms. The summed E-state index contributed by atoms with van der Waals surface area (Å²) in [6.07, 6.45) is 0. The van der Waals surface area contributed by atoms with Crippen molar-refractivity contribution in [1.82, 2.24) is 0 Å². The molecular weight excluding hydrogens is 346 g/mol. The maximum absolute atomic E-state index is 12.5. The summed E-state index contributed by atoms with van der Waals surface area (Å²) in [6, 6.07) is 5.73. The number of nitrogen functional groups attached to an aromatic ring is 1. The van der Waals surface area contributed by atoms with Crippen LogP contribution >= 0.6 is 27.5 Å². The van der Waals surface area contributed by atoms with Crippen LogP contribution in [0.2, 0.25) is 5.02 Å². The minimum absolute atomic E-state index is 0.0108. The molecule has 100 valence electrons. The van der Waals surface area contributed by atoms with E-state index in [1.165, 1.54) is 24.3 Å². The highest BCUT2D eigenvalue weighted by molar-refractivity contribution is 9.10. The molecule has 4 nitrogen and oxygen atoms in total. The molecule has 0 radical (unpaired) electrons. The van der Waals surface area contributed by atoms with Crippen molar-refractivity contribution >= 4 is 44.8 Å². The third-order valence-electron chi connectivity index (χ3n) is 3.22. The summed E-state index contributed by atoms with van der Waals surface area (Å²) in [5.41, 5.74) is 6.33. The number of ketones is 2. The number of nitrogens with two attached hydrogens (primary N) is 1. The third kappa shape index (κ3) is 1.67. The molecule has 0 amide bonds. The van der Waals surface area contributed by atoms with E-state index < -0.39 is 11.6 Å². The fourth-order valence-electron chi connectivity index (χ4n) is 2.29. The molecule has 1 aliphatic rings. The molecule has 2 aromatic carbocycles. The first-order chi connectivity index (χ1) is 9.41. The Bertz CT molecular complexity index is 801. The van der Waals surface area contributed by atoms with E-state index in [2.05, 4.69) is 15.9 Å². The topological polar surface area (TPSA) is 80.4 Å². The van der Waals surface area contributed by atoms with Gasteiger partial charge in [0.2, 0.25) is 0 Å². The highest BCUT2D eigenvalue weighted by Gasteiger charge is 2.34. The van der Waals surface area contributed by atoms with Gasteiger partial charge in [0.25, 0.3) is 0 Å². The van der Waals surface area contributed by atoms with Gasteiger partial charge in [0.05, 0.1) is 16.8 Å². The zero-order valence-electron chi connectivity index (χ0n) is 9.91. The lowest BCUT2D eigenvalue weighted by Crippen LogP contribution is -2.22. The molecule has 0 heterocycles. The third-order valence-corrected chi connectivity index (χ3v) is 4.11. The molecule has 0 fully saturated rings. The van der Waals surface area contributed by atoms with Gasteiger partial charge in [-0.1, -0.05) is 11.6 Å². The summed E-state index contributed by atoms with van der Waals surface area (Å²) in [5, 5.41) is 10.3. The number of carbonyl (C=O) groups excluding carboxylic acids is 2. The summed E-state index contributed by atoms with van der Waals surface area (Å²) in [5.74, 6) is -1.14. The molecule has 0 spiro atoms. The first kappa shape index (κ1) is 13.1. The minimum atomic E-state index is -0.442. The molecule has 0 saturated heterocycles.